The first kappa shape index (κ1) is 18.7. The minimum absolute atomic E-state index is 0.0428. The fourth-order valence-electron chi connectivity index (χ4n) is 3.62. The first-order valence-electron chi connectivity index (χ1n) is 8.41. The van der Waals surface area contributed by atoms with Gasteiger partial charge in [-0.1, -0.05) is 12.1 Å². The summed E-state index contributed by atoms with van der Waals surface area (Å²) in [7, 11) is 0. The molecular weight excluding hydrogens is 349 g/mol. The van der Waals surface area contributed by atoms with Crippen molar-refractivity contribution < 1.29 is 28.0 Å². The maximum Gasteiger partial charge on any atom is 0.418 e. The predicted molar refractivity (Wildman–Crippen MR) is 89.6 cm³/mol. The van der Waals surface area contributed by atoms with Gasteiger partial charge in [0.1, 0.15) is 0 Å². The fraction of sp³-hybridized carbons (Fsp3) is 0.556. The Kier molecular flexibility index (Phi) is 4.10. The number of rotatable bonds is 3. The molecule has 2 aromatic rings. The second-order valence-corrected chi connectivity index (χ2v) is 7.54. The number of aromatic nitrogens is 1. The molecule has 1 aromatic carbocycles. The van der Waals surface area contributed by atoms with Gasteiger partial charge in [0.25, 0.3) is 6.04 Å². The van der Waals surface area contributed by atoms with Crippen LogP contribution in [-0.4, -0.2) is 32.3 Å². The lowest BCUT2D eigenvalue weighted by Crippen LogP contribution is -2.50. The molecule has 0 radical (unpaired) electrons. The lowest BCUT2D eigenvalue weighted by molar-refractivity contribution is -0.815. The van der Waals surface area contributed by atoms with Crippen molar-refractivity contribution in [1.29, 1.82) is 0 Å². The SMILES string of the molecule is Cc1[nH]c2c(C(F)(F)F)cccc2c1CCC1[N+](=O)OC(C)(C)C1(C)O. The molecule has 2 atom stereocenters. The Bertz CT molecular complexity index is 868. The van der Waals surface area contributed by atoms with E-state index in [0.717, 1.165) is 6.07 Å². The molecule has 2 unspecified atom stereocenters. The number of benzene rings is 1. The third-order valence-corrected chi connectivity index (χ3v) is 5.57. The number of hydrogen-bond acceptors (Lipinski definition) is 3. The van der Waals surface area contributed by atoms with Crippen molar-refractivity contribution in [3.63, 3.8) is 0 Å². The highest BCUT2D eigenvalue weighted by Crippen LogP contribution is 2.40. The van der Waals surface area contributed by atoms with Crippen molar-refractivity contribution in [3.05, 3.63) is 39.9 Å². The number of aliphatic hydroxyl groups is 1. The van der Waals surface area contributed by atoms with Crippen LogP contribution in [0.15, 0.2) is 18.2 Å². The minimum Gasteiger partial charge on any atom is -0.379 e. The summed E-state index contributed by atoms with van der Waals surface area (Å²) in [6.07, 6.45) is -3.86. The lowest BCUT2D eigenvalue weighted by atomic mass is 9.80. The molecule has 1 fully saturated rings. The van der Waals surface area contributed by atoms with Crippen LogP contribution in [0.4, 0.5) is 13.2 Å². The highest BCUT2D eigenvalue weighted by atomic mass is 19.4. The Hall–Kier alpha value is -2.09. The van der Waals surface area contributed by atoms with Crippen LogP contribution in [-0.2, 0) is 17.4 Å². The van der Waals surface area contributed by atoms with E-state index in [1.54, 1.807) is 33.8 Å². The number of para-hydroxylation sites is 1. The highest BCUT2D eigenvalue weighted by molar-refractivity contribution is 5.87. The summed E-state index contributed by atoms with van der Waals surface area (Å²) in [6.45, 7) is 6.51. The van der Waals surface area contributed by atoms with Gasteiger partial charge in [-0.25, -0.2) is 4.84 Å². The zero-order chi connectivity index (χ0) is 19.5. The smallest absolute Gasteiger partial charge is 0.379 e. The van der Waals surface area contributed by atoms with Gasteiger partial charge in [-0.2, -0.15) is 13.2 Å². The van der Waals surface area contributed by atoms with Crippen LogP contribution in [0.2, 0.25) is 0 Å². The van der Waals surface area contributed by atoms with Gasteiger partial charge >= 0.3 is 6.18 Å². The second-order valence-electron chi connectivity index (χ2n) is 7.54. The van der Waals surface area contributed by atoms with E-state index in [0.29, 0.717) is 28.0 Å². The van der Waals surface area contributed by atoms with Crippen molar-refractivity contribution in [1.82, 2.24) is 4.98 Å². The molecule has 1 aliphatic rings. The third kappa shape index (κ3) is 2.76. The van der Waals surface area contributed by atoms with Gasteiger partial charge in [0, 0.05) is 17.5 Å². The van der Waals surface area contributed by atoms with Gasteiger partial charge in [-0.05, 0) is 45.7 Å². The second kappa shape index (κ2) is 5.70. The van der Waals surface area contributed by atoms with Crippen LogP contribution in [0.25, 0.3) is 10.9 Å². The molecule has 3 rings (SSSR count). The highest BCUT2D eigenvalue weighted by Gasteiger charge is 2.66. The molecule has 1 saturated heterocycles. The Morgan fingerprint density at radius 1 is 1.31 bits per heavy atom. The fourth-order valence-corrected chi connectivity index (χ4v) is 3.62. The number of hydrogen-bond donors (Lipinski definition) is 2. The van der Waals surface area contributed by atoms with E-state index in [-0.39, 0.29) is 11.9 Å². The van der Waals surface area contributed by atoms with Gasteiger partial charge < -0.3 is 10.1 Å². The van der Waals surface area contributed by atoms with Crippen molar-refractivity contribution in [2.24, 2.45) is 0 Å². The van der Waals surface area contributed by atoms with Crippen molar-refractivity contribution in [2.45, 2.75) is 64.0 Å². The third-order valence-electron chi connectivity index (χ3n) is 5.57. The average molecular weight is 371 g/mol. The van der Waals surface area contributed by atoms with Gasteiger partial charge in [-0.3, -0.25) is 0 Å². The molecule has 0 amide bonds. The minimum atomic E-state index is -4.45. The summed E-state index contributed by atoms with van der Waals surface area (Å²) in [5.41, 5.74) is -1.77. The van der Waals surface area contributed by atoms with Crippen LogP contribution < -0.4 is 0 Å². The van der Waals surface area contributed by atoms with Crippen molar-refractivity contribution in [2.75, 3.05) is 0 Å². The molecule has 26 heavy (non-hydrogen) atoms. The van der Waals surface area contributed by atoms with Gasteiger partial charge in [0.15, 0.2) is 5.60 Å². The van der Waals surface area contributed by atoms with Crippen LogP contribution in [0.1, 0.15) is 44.0 Å². The maximum absolute atomic E-state index is 13.2. The number of nitrogens with one attached hydrogen (secondary N) is 1. The van der Waals surface area contributed by atoms with Crippen LogP contribution in [0, 0.1) is 11.8 Å². The number of aryl methyl sites for hydroxylation is 2. The summed E-state index contributed by atoms with van der Waals surface area (Å²) < 4.78 is 39.6. The van der Waals surface area contributed by atoms with E-state index in [1.807, 2.05) is 0 Å². The van der Waals surface area contributed by atoms with Crippen LogP contribution in [0.3, 0.4) is 0 Å². The molecular formula is C18H22F3N2O3+. The summed E-state index contributed by atoms with van der Waals surface area (Å²) in [5.74, 6) is 0. The molecule has 5 nitrogen and oxygen atoms in total. The topological polar surface area (TPSA) is 65.3 Å². The molecule has 1 aliphatic heterocycles. The summed E-state index contributed by atoms with van der Waals surface area (Å²) in [6, 6.07) is 3.23. The molecule has 8 heteroatoms. The Balaban J connectivity index is 1.94. The summed E-state index contributed by atoms with van der Waals surface area (Å²) >= 11 is 0. The number of fused-ring (bicyclic) bond motifs is 1. The van der Waals surface area contributed by atoms with Gasteiger partial charge in [0.05, 0.1) is 16.0 Å². The van der Waals surface area contributed by atoms with E-state index in [9.17, 15) is 23.2 Å². The van der Waals surface area contributed by atoms with Crippen LogP contribution in [0.5, 0.6) is 0 Å². The molecule has 2 N–H and O–H groups in total. The van der Waals surface area contributed by atoms with Crippen molar-refractivity contribution in [3.8, 4) is 0 Å². The molecule has 1 aromatic heterocycles. The molecule has 2 heterocycles. The first-order valence-corrected chi connectivity index (χ1v) is 8.41. The maximum atomic E-state index is 13.2. The van der Waals surface area contributed by atoms with E-state index in [2.05, 4.69) is 4.98 Å². The first-order chi connectivity index (χ1) is 11.9. The average Bonchev–Trinajstić information content (AvgIpc) is 2.87. The quantitative estimate of drug-likeness (QED) is 0.856. The number of halogens is 3. The van der Waals surface area contributed by atoms with E-state index >= 15 is 0 Å². The van der Waals surface area contributed by atoms with E-state index < -0.39 is 29.0 Å². The number of H-pyrrole nitrogens is 1. The number of aromatic amines is 1. The molecule has 0 bridgehead atoms. The van der Waals surface area contributed by atoms with E-state index in [4.69, 9.17) is 4.84 Å². The van der Waals surface area contributed by atoms with Gasteiger partial charge in [-0.15, -0.1) is 0 Å². The monoisotopic (exact) mass is 371 g/mol. The predicted octanol–water partition coefficient (Wildman–Crippen LogP) is 4.05. The van der Waals surface area contributed by atoms with Crippen molar-refractivity contribution >= 4 is 10.9 Å². The Labute approximate surface area is 148 Å². The molecule has 142 valence electrons. The lowest BCUT2D eigenvalue weighted by Gasteiger charge is -2.25. The molecule has 0 saturated carbocycles. The zero-order valence-corrected chi connectivity index (χ0v) is 15.1. The van der Waals surface area contributed by atoms with Crippen LogP contribution >= 0.6 is 0 Å². The summed E-state index contributed by atoms with van der Waals surface area (Å²) in [5, 5.41) is 11.2. The largest absolute Gasteiger partial charge is 0.418 e. The summed E-state index contributed by atoms with van der Waals surface area (Å²) in [4.78, 5) is 20.5. The molecule has 0 aliphatic carbocycles. The number of nitrogens with zero attached hydrogens (tertiary/aromatic N) is 1. The molecule has 0 spiro atoms. The zero-order valence-electron chi connectivity index (χ0n) is 15.1. The van der Waals surface area contributed by atoms with E-state index in [1.165, 1.54) is 6.07 Å². The standard InChI is InChI=1S/C18H22F3N2O3/c1-10-11(8-9-14-17(4,24)16(2,3)26-23(14)25)12-6-5-7-13(15(12)22-10)18(19,20)21/h5-7,14,22,24H,8-9H2,1-4H3/q+1. The normalized spacial score (nSPS) is 25.7. The Morgan fingerprint density at radius 2 is 1.96 bits per heavy atom. The Morgan fingerprint density at radius 3 is 2.50 bits per heavy atom. The number of alkyl halides is 3. The van der Waals surface area contributed by atoms with Gasteiger partial charge in [0.2, 0.25) is 10.5 Å².